The summed E-state index contributed by atoms with van der Waals surface area (Å²) in [7, 11) is -1.16. The van der Waals surface area contributed by atoms with Crippen LogP contribution < -0.4 is 5.32 Å². The fraction of sp³-hybridized carbons (Fsp3) is 0.875. The van der Waals surface area contributed by atoms with E-state index in [9.17, 15) is 13.2 Å². The van der Waals surface area contributed by atoms with Crippen LogP contribution in [0.2, 0.25) is 0 Å². The lowest BCUT2D eigenvalue weighted by Crippen LogP contribution is -2.42. The van der Waals surface area contributed by atoms with Crippen LogP contribution in [0.5, 0.6) is 0 Å². The summed E-state index contributed by atoms with van der Waals surface area (Å²) in [5.74, 6) is 1.08. The van der Waals surface area contributed by atoms with E-state index in [-0.39, 0.29) is 53.3 Å². The molecule has 2 saturated heterocycles. The number of likely N-dealkylation sites (tertiary alicyclic amines) is 1. The Morgan fingerprint density at radius 1 is 1.32 bits per heavy atom. The molecule has 2 unspecified atom stereocenters. The van der Waals surface area contributed by atoms with Crippen molar-refractivity contribution in [1.29, 1.82) is 0 Å². The smallest absolute Gasteiger partial charge is 0.311 e. The van der Waals surface area contributed by atoms with Crippen molar-refractivity contribution in [1.82, 2.24) is 10.2 Å². The molecule has 0 aromatic carbocycles. The largest absolute Gasteiger partial charge is 0.460 e. The molecule has 9 heteroatoms. The molecule has 2 aliphatic heterocycles. The Morgan fingerprint density at radius 2 is 2.00 bits per heavy atom. The van der Waals surface area contributed by atoms with Gasteiger partial charge in [0.15, 0.2) is 15.8 Å². The first kappa shape index (κ1) is 22.5. The van der Waals surface area contributed by atoms with E-state index in [1.54, 1.807) is 7.05 Å². The minimum atomic E-state index is -2.86. The zero-order valence-corrected chi connectivity index (χ0v) is 18.6. The molecule has 2 fully saturated rings. The van der Waals surface area contributed by atoms with Gasteiger partial charge in [0.25, 0.3) is 0 Å². The number of halogens is 1. The van der Waals surface area contributed by atoms with Gasteiger partial charge in [0.2, 0.25) is 0 Å². The molecule has 7 nitrogen and oxygen atoms in total. The highest BCUT2D eigenvalue weighted by atomic mass is 127. The molecule has 0 radical (unpaired) electrons. The van der Waals surface area contributed by atoms with Gasteiger partial charge in [-0.1, -0.05) is 0 Å². The summed E-state index contributed by atoms with van der Waals surface area (Å²) in [5, 5.41) is 3.26. The molecular formula is C16H30IN3O4S. The first-order valence-corrected chi connectivity index (χ1v) is 10.3. The first-order chi connectivity index (χ1) is 11.1. The van der Waals surface area contributed by atoms with Crippen LogP contribution in [0, 0.1) is 11.8 Å². The van der Waals surface area contributed by atoms with E-state index in [1.165, 1.54) is 0 Å². The van der Waals surface area contributed by atoms with Crippen LogP contribution in [0.3, 0.4) is 0 Å². The maximum absolute atomic E-state index is 12.2. The predicted octanol–water partition coefficient (Wildman–Crippen LogP) is 1.28. The lowest BCUT2D eigenvalue weighted by Gasteiger charge is -2.24. The number of carbonyl (C=O) groups excluding carboxylic acids is 1. The van der Waals surface area contributed by atoms with Gasteiger partial charge in [-0.25, -0.2) is 8.42 Å². The van der Waals surface area contributed by atoms with Crippen LogP contribution in [0.15, 0.2) is 4.99 Å². The third-order valence-corrected chi connectivity index (χ3v) is 6.15. The number of nitrogens with one attached hydrogen (secondary N) is 1. The van der Waals surface area contributed by atoms with E-state index in [0.29, 0.717) is 19.5 Å². The van der Waals surface area contributed by atoms with Crippen molar-refractivity contribution in [2.75, 3.05) is 38.2 Å². The van der Waals surface area contributed by atoms with E-state index in [4.69, 9.17) is 4.74 Å². The van der Waals surface area contributed by atoms with Crippen molar-refractivity contribution in [2.45, 2.75) is 39.2 Å². The number of rotatable bonds is 3. The molecule has 0 aromatic rings. The molecule has 2 heterocycles. The number of hydrogen-bond donors (Lipinski definition) is 1. The van der Waals surface area contributed by atoms with Gasteiger partial charge in [-0.15, -0.1) is 24.0 Å². The number of aliphatic imine (C=N–C) groups is 1. The summed E-state index contributed by atoms with van der Waals surface area (Å²) >= 11 is 0. The second kappa shape index (κ2) is 8.88. The Hall–Kier alpha value is -0.580. The fourth-order valence-corrected chi connectivity index (χ4v) is 4.99. The van der Waals surface area contributed by atoms with Crippen LogP contribution >= 0.6 is 24.0 Å². The average Bonchev–Trinajstić information content (AvgIpc) is 3.05. The van der Waals surface area contributed by atoms with Crippen molar-refractivity contribution >= 4 is 45.7 Å². The highest BCUT2D eigenvalue weighted by Gasteiger charge is 2.34. The molecule has 0 amide bonds. The summed E-state index contributed by atoms with van der Waals surface area (Å²) in [6.45, 7) is 7.53. The lowest BCUT2D eigenvalue weighted by molar-refractivity contribution is -0.159. The highest BCUT2D eigenvalue weighted by Crippen LogP contribution is 2.21. The van der Waals surface area contributed by atoms with Gasteiger partial charge in [-0.2, -0.15) is 0 Å². The molecule has 0 bridgehead atoms. The van der Waals surface area contributed by atoms with Crippen molar-refractivity contribution < 1.29 is 17.9 Å². The molecule has 0 aliphatic carbocycles. The predicted molar refractivity (Wildman–Crippen MR) is 109 cm³/mol. The van der Waals surface area contributed by atoms with Gasteiger partial charge in [0, 0.05) is 26.7 Å². The van der Waals surface area contributed by atoms with Crippen molar-refractivity contribution in [2.24, 2.45) is 16.8 Å². The maximum Gasteiger partial charge on any atom is 0.311 e. The van der Waals surface area contributed by atoms with E-state index < -0.39 is 15.4 Å². The Morgan fingerprint density at radius 3 is 2.52 bits per heavy atom. The Bertz CT molecular complexity index is 601. The third-order valence-electron chi connectivity index (χ3n) is 4.32. The molecule has 2 rings (SSSR count). The zero-order chi connectivity index (χ0) is 18.0. The minimum Gasteiger partial charge on any atom is -0.460 e. The number of carbonyl (C=O) groups is 1. The van der Waals surface area contributed by atoms with Gasteiger partial charge in [-0.05, 0) is 39.5 Å². The highest BCUT2D eigenvalue weighted by molar-refractivity contribution is 14.0. The quantitative estimate of drug-likeness (QED) is 0.279. The second-order valence-corrected chi connectivity index (χ2v) is 9.89. The van der Waals surface area contributed by atoms with Crippen LogP contribution in [0.4, 0.5) is 0 Å². The first-order valence-electron chi connectivity index (χ1n) is 8.48. The summed E-state index contributed by atoms with van der Waals surface area (Å²) < 4.78 is 28.5. The van der Waals surface area contributed by atoms with Crippen molar-refractivity contribution in [3.8, 4) is 0 Å². The van der Waals surface area contributed by atoms with Crippen LogP contribution in [0.1, 0.15) is 33.6 Å². The number of esters is 1. The van der Waals surface area contributed by atoms with E-state index in [2.05, 4.69) is 10.3 Å². The molecule has 1 N–H and O–H groups in total. The second-order valence-electron chi connectivity index (χ2n) is 7.66. The normalized spacial score (nSPS) is 26.2. The van der Waals surface area contributed by atoms with Gasteiger partial charge in [0.05, 0.1) is 17.4 Å². The number of nitrogens with zero attached hydrogens (tertiary/aromatic N) is 2. The molecule has 2 atom stereocenters. The summed E-state index contributed by atoms with van der Waals surface area (Å²) in [5.41, 5.74) is -0.474. The standard InChI is InChI=1S/C16H29N3O4S.HI/c1-16(2,3)23-14(20)13-5-7-19(10-13)15(17-4)18-9-12-6-8-24(21,22)11-12;/h12-13H,5-11H2,1-4H3,(H,17,18);1H. The molecular weight excluding hydrogens is 457 g/mol. The number of hydrogen-bond acceptors (Lipinski definition) is 5. The third kappa shape index (κ3) is 6.92. The Labute approximate surface area is 167 Å². The lowest BCUT2D eigenvalue weighted by atomic mass is 10.1. The fourth-order valence-electron chi connectivity index (χ4n) is 3.13. The van der Waals surface area contributed by atoms with E-state index >= 15 is 0 Å². The molecule has 2 aliphatic rings. The van der Waals surface area contributed by atoms with Crippen molar-refractivity contribution in [3.63, 3.8) is 0 Å². The SMILES string of the molecule is CN=C(NCC1CCS(=O)(=O)C1)N1CCC(C(=O)OC(C)(C)C)C1.I. The number of guanidine groups is 1. The molecule has 0 spiro atoms. The summed E-state index contributed by atoms with van der Waals surface area (Å²) in [4.78, 5) is 18.5. The van der Waals surface area contributed by atoms with Gasteiger partial charge < -0.3 is 15.0 Å². The summed E-state index contributed by atoms with van der Waals surface area (Å²) in [6.07, 6.45) is 1.44. The van der Waals surface area contributed by atoms with Gasteiger partial charge in [-0.3, -0.25) is 9.79 Å². The molecule has 0 saturated carbocycles. The Balaban J connectivity index is 0.00000312. The molecule has 0 aromatic heterocycles. The monoisotopic (exact) mass is 487 g/mol. The topological polar surface area (TPSA) is 88.1 Å². The van der Waals surface area contributed by atoms with Crippen LogP contribution in [-0.4, -0.2) is 69.0 Å². The van der Waals surface area contributed by atoms with E-state index in [0.717, 1.165) is 18.9 Å². The molecule has 25 heavy (non-hydrogen) atoms. The van der Waals surface area contributed by atoms with Crippen LogP contribution in [-0.2, 0) is 19.4 Å². The summed E-state index contributed by atoms with van der Waals surface area (Å²) in [6, 6.07) is 0. The Kier molecular flexibility index (Phi) is 7.97. The number of ether oxygens (including phenoxy) is 1. The van der Waals surface area contributed by atoms with Gasteiger partial charge in [0.1, 0.15) is 5.60 Å². The van der Waals surface area contributed by atoms with Crippen LogP contribution in [0.25, 0.3) is 0 Å². The molecule has 146 valence electrons. The minimum absolute atomic E-state index is 0. The zero-order valence-electron chi connectivity index (χ0n) is 15.4. The van der Waals surface area contributed by atoms with E-state index in [1.807, 2.05) is 25.7 Å². The average molecular weight is 487 g/mol. The van der Waals surface area contributed by atoms with Gasteiger partial charge >= 0.3 is 5.97 Å². The van der Waals surface area contributed by atoms with Crippen molar-refractivity contribution in [3.05, 3.63) is 0 Å². The maximum atomic E-state index is 12.2. The number of sulfone groups is 1.